The van der Waals surface area contributed by atoms with Crippen molar-refractivity contribution >= 4 is 11.0 Å². The maximum absolute atomic E-state index is 5.82. The van der Waals surface area contributed by atoms with E-state index in [2.05, 4.69) is 28.4 Å². The predicted octanol–water partition coefficient (Wildman–Crippen LogP) is 1.88. The molecule has 1 N–H and O–H groups in total. The predicted molar refractivity (Wildman–Crippen MR) is 69.2 cm³/mol. The molecule has 90 valence electrons. The summed E-state index contributed by atoms with van der Waals surface area (Å²) in [6.45, 7) is 5.63. The Hall–Kier alpha value is -1.32. The molecule has 0 radical (unpaired) electrons. The first-order valence-electron chi connectivity index (χ1n) is 6.32. The average Bonchev–Trinajstić information content (AvgIpc) is 2.80. The third kappa shape index (κ3) is 2.51. The van der Waals surface area contributed by atoms with Crippen molar-refractivity contribution in [3.8, 4) is 0 Å². The minimum atomic E-state index is 1.00. The molecule has 2 heterocycles. The summed E-state index contributed by atoms with van der Waals surface area (Å²) in [5.74, 6) is 1.10. The van der Waals surface area contributed by atoms with Crippen LogP contribution in [0.4, 0.5) is 0 Å². The number of nitrogens with zero attached hydrogens (tertiary/aromatic N) is 1. The van der Waals surface area contributed by atoms with E-state index in [0.717, 1.165) is 50.5 Å². The standard InChI is InChI=1S/C14H18N2O/c1-2-4-14-12(3-1)11-13(17-14)5-8-16-9-6-15-7-10-16/h1-4,11,15H,5-10H2. The Kier molecular flexibility index (Phi) is 3.12. The Morgan fingerprint density at radius 2 is 2.00 bits per heavy atom. The second kappa shape index (κ2) is 4.90. The molecule has 0 spiro atoms. The summed E-state index contributed by atoms with van der Waals surface area (Å²) >= 11 is 0. The Balaban J connectivity index is 1.64. The highest BCUT2D eigenvalue weighted by molar-refractivity contribution is 5.77. The zero-order chi connectivity index (χ0) is 11.5. The van der Waals surface area contributed by atoms with Crippen LogP contribution in [0.1, 0.15) is 5.76 Å². The molecule has 0 atom stereocenters. The molecule has 1 saturated heterocycles. The van der Waals surface area contributed by atoms with E-state index < -0.39 is 0 Å². The first-order chi connectivity index (χ1) is 8.42. The first kappa shape index (κ1) is 10.8. The third-order valence-corrected chi connectivity index (χ3v) is 3.36. The van der Waals surface area contributed by atoms with Gasteiger partial charge in [0.15, 0.2) is 0 Å². The highest BCUT2D eigenvalue weighted by Crippen LogP contribution is 2.19. The fourth-order valence-corrected chi connectivity index (χ4v) is 2.36. The van der Waals surface area contributed by atoms with Crippen LogP contribution in [-0.2, 0) is 6.42 Å². The molecule has 0 bridgehead atoms. The molecule has 0 saturated carbocycles. The topological polar surface area (TPSA) is 28.4 Å². The monoisotopic (exact) mass is 230 g/mol. The van der Waals surface area contributed by atoms with Gasteiger partial charge < -0.3 is 14.6 Å². The van der Waals surface area contributed by atoms with Crippen molar-refractivity contribution < 1.29 is 4.42 Å². The molecule has 1 aromatic heterocycles. The molecule has 0 amide bonds. The van der Waals surface area contributed by atoms with Crippen LogP contribution in [-0.4, -0.2) is 37.6 Å². The molecule has 3 nitrogen and oxygen atoms in total. The van der Waals surface area contributed by atoms with Crippen molar-refractivity contribution in [1.82, 2.24) is 10.2 Å². The normalized spacial score (nSPS) is 17.6. The maximum Gasteiger partial charge on any atom is 0.134 e. The molecule has 1 fully saturated rings. The molecule has 1 aliphatic rings. The van der Waals surface area contributed by atoms with Crippen LogP contribution >= 0.6 is 0 Å². The van der Waals surface area contributed by atoms with Crippen LogP contribution in [0.2, 0.25) is 0 Å². The maximum atomic E-state index is 5.82. The number of hydrogen-bond donors (Lipinski definition) is 1. The lowest BCUT2D eigenvalue weighted by molar-refractivity contribution is 0.239. The number of nitrogens with one attached hydrogen (secondary N) is 1. The quantitative estimate of drug-likeness (QED) is 0.872. The van der Waals surface area contributed by atoms with E-state index in [0.29, 0.717) is 0 Å². The van der Waals surface area contributed by atoms with Crippen molar-refractivity contribution in [3.63, 3.8) is 0 Å². The lowest BCUT2D eigenvalue weighted by atomic mass is 10.2. The van der Waals surface area contributed by atoms with Crippen molar-refractivity contribution in [3.05, 3.63) is 36.1 Å². The SMILES string of the molecule is c1ccc2oc(CCN3CCNCC3)cc2c1. The summed E-state index contributed by atoms with van der Waals surface area (Å²) in [5.41, 5.74) is 1.00. The van der Waals surface area contributed by atoms with Gasteiger partial charge >= 0.3 is 0 Å². The first-order valence-corrected chi connectivity index (χ1v) is 6.32. The van der Waals surface area contributed by atoms with Crippen molar-refractivity contribution in [2.24, 2.45) is 0 Å². The summed E-state index contributed by atoms with van der Waals surface area (Å²) in [6.07, 6.45) is 1.01. The van der Waals surface area contributed by atoms with Gasteiger partial charge in [-0.15, -0.1) is 0 Å². The van der Waals surface area contributed by atoms with Crippen LogP contribution in [0.3, 0.4) is 0 Å². The molecule has 1 aliphatic heterocycles. The zero-order valence-electron chi connectivity index (χ0n) is 9.98. The molecule has 0 unspecified atom stereocenters. The van der Waals surface area contributed by atoms with Crippen LogP contribution < -0.4 is 5.32 Å². The summed E-state index contributed by atoms with van der Waals surface area (Å²) in [6, 6.07) is 10.4. The number of rotatable bonds is 3. The van der Waals surface area contributed by atoms with E-state index >= 15 is 0 Å². The number of para-hydroxylation sites is 1. The Labute approximate surface area is 101 Å². The van der Waals surface area contributed by atoms with Gasteiger partial charge in [0, 0.05) is 44.5 Å². The molecule has 3 rings (SSSR count). The number of piperazine rings is 1. The molecule has 0 aliphatic carbocycles. The number of hydrogen-bond acceptors (Lipinski definition) is 3. The van der Waals surface area contributed by atoms with Crippen molar-refractivity contribution in [2.45, 2.75) is 6.42 Å². The van der Waals surface area contributed by atoms with Gasteiger partial charge in [-0.1, -0.05) is 18.2 Å². The van der Waals surface area contributed by atoms with Gasteiger partial charge in [-0.05, 0) is 12.1 Å². The largest absolute Gasteiger partial charge is 0.461 e. The second-order valence-electron chi connectivity index (χ2n) is 4.59. The minimum absolute atomic E-state index is 1.00. The number of fused-ring (bicyclic) bond motifs is 1. The third-order valence-electron chi connectivity index (χ3n) is 3.36. The van der Waals surface area contributed by atoms with Crippen LogP contribution in [0.25, 0.3) is 11.0 Å². The Bertz CT molecular complexity index is 453. The van der Waals surface area contributed by atoms with Gasteiger partial charge in [0.05, 0.1) is 0 Å². The number of benzene rings is 1. The van der Waals surface area contributed by atoms with Gasteiger partial charge in [0.2, 0.25) is 0 Å². The molecule has 17 heavy (non-hydrogen) atoms. The van der Waals surface area contributed by atoms with Crippen molar-refractivity contribution in [2.75, 3.05) is 32.7 Å². The summed E-state index contributed by atoms with van der Waals surface area (Å²) < 4.78 is 5.82. The fourth-order valence-electron chi connectivity index (χ4n) is 2.36. The summed E-state index contributed by atoms with van der Waals surface area (Å²) in [4.78, 5) is 2.49. The second-order valence-corrected chi connectivity index (χ2v) is 4.59. The zero-order valence-corrected chi connectivity index (χ0v) is 9.98. The van der Waals surface area contributed by atoms with Crippen LogP contribution in [0.15, 0.2) is 34.7 Å². The Morgan fingerprint density at radius 1 is 1.18 bits per heavy atom. The van der Waals surface area contributed by atoms with Crippen molar-refractivity contribution in [1.29, 1.82) is 0 Å². The van der Waals surface area contributed by atoms with E-state index in [-0.39, 0.29) is 0 Å². The van der Waals surface area contributed by atoms with Gasteiger partial charge in [-0.25, -0.2) is 0 Å². The van der Waals surface area contributed by atoms with Gasteiger partial charge in [-0.2, -0.15) is 0 Å². The van der Waals surface area contributed by atoms with E-state index in [1.54, 1.807) is 0 Å². The van der Waals surface area contributed by atoms with E-state index in [1.165, 1.54) is 5.39 Å². The molecule has 1 aromatic carbocycles. The smallest absolute Gasteiger partial charge is 0.134 e. The van der Waals surface area contributed by atoms with Crippen LogP contribution in [0.5, 0.6) is 0 Å². The van der Waals surface area contributed by atoms with E-state index in [9.17, 15) is 0 Å². The lowest BCUT2D eigenvalue weighted by Gasteiger charge is -2.26. The molecule has 2 aromatic rings. The Morgan fingerprint density at radius 3 is 2.82 bits per heavy atom. The molecular formula is C14H18N2O. The van der Waals surface area contributed by atoms with Crippen LogP contribution in [0, 0.1) is 0 Å². The van der Waals surface area contributed by atoms with E-state index in [1.807, 2.05) is 12.1 Å². The highest BCUT2D eigenvalue weighted by Gasteiger charge is 2.10. The number of furan rings is 1. The molecule has 3 heteroatoms. The van der Waals surface area contributed by atoms with E-state index in [4.69, 9.17) is 4.42 Å². The minimum Gasteiger partial charge on any atom is -0.461 e. The molecular weight excluding hydrogens is 212 g/mol. The van der Waals surface area contributed by atoms with Gasteiger partial charge in [0.1, 0.15) is 11.3 Å². The summed E-state index contributed by atoms with van der Waals surface area (Å²) in [7, 11) is 0. The fraction of sp³-hybridized carbons (Fsp3) is 0.429. The highest BCUT2D eigenvalue weighted by atomic mass is 16.3. The lowest BCUT2D eigenvalue weighted by Crippen LogP contribution is -2.44. The average molecular weight is 230 g/mol. The van der Waals surface area contributed by atoms with Gasteiger partial charge in [0.25, 0.3) is 0 Å². The van der Waals surface area contributed by atoms with Gasteiger partial charge in [-0.3, -0.25) is 0 Å². The summed E-state index contributed by atoms with van der Waals surface area (Å²) in [5, 5.41) is 4.58.